The molecule has 0 aliphatic carbocycles. The Morgan fingerprint density at radius 2 is 2.15 bits per heavy atom. The highest BCUT2D eigenvalue weighted by atomic mass is 127. The molecule has 0 saturated carbocycles. The third kappa shape index (κ3) is 3.70. The van der Waals surface area contributed by atoms with Gasteiger partial charge in [-0.05, 0) is 41.4 Å². The average Bonchev–Trinajstić information content (AvgIpc) is 2.35. The van der Waals surface area contributed by atoms with Gasteiger partial charge < -0.3 is 0 Å². The molecule has 2 heterocycles. The van der Waals surface area contributed by atoms with E-state index in [1.807, 2.05) is 22.6 Å². The first-order chi connectivity index (χ1) is 9.27. The molecule has 20 heavy (non-hydrogen) atoms. The minimum Gasteiger partial charge on any atom is -0.299 e. The van der Waals surface area contributed by atoms with E-state index in [0.29, 0.717) is 23.2 Å². The Balaban J connectivity index is 2.16. The van der Waals surface area contributed by atoms with Gasteiger partial charge >= 0.3 is 5.69 Å². The van der Waals surface area contributed by atoms with Crippen LogP contribution in [0.15, 0.2) is 15.8 Å². The van der Waals surface area contributed by atoms with E-state index in [9.17, 15) is 18.0 Å². The summed E-state index contributed by atoms with van der Waals surface area (Å²) in [6.07, 6.45) is 4.37. The van der Waals surface area contributed by atoms with Crippen LogP contribution < -0.4 is 11.2 Å². The van der Waals surface area contributed by atoms with E-state index < -0.39 is 21.3 Å². The number of nitrogens with one attached hydrogen (secondary N) is 1. The molecule has 0 radical (unpaired) electrons. The van der Waals surface area contributed by atoms with E-state index in [0.717, 1.165) is 12.8 Å². The van der Waals surface area contributed by atoms with Crippen molar-refractivity contribution in [2.75, 3.05) is 19.3 Å². The highest BCUT2D eigenvalue weighted by Crippen LogP contribution is 2.19. The number of aromatic nitrogens is 2. The predicted molar refractivity (Wildman–Crippen MR) is 83.2 cm³/mol. The normalized spacial score (nSPS) is 21.0. The Bertz CT molecular complexity index is 709. The van der Waals surface area contributed by atoms with Crippen LogP contribution in [0, 0.1) is 9.49 Å². The summed E-state index contributed by atoms with van der Waals surface area (Å²) in [4.78, 5) is 25.3. The molecule has 1 aliphatic heterocycles. The van der Waals surface area contributed by atoms with E-state index in [4.69, 9.17) is 0 Å². The number of piperidine rings is 1. The molecule has 1 aromatic heterocycles. The molecule has 0 amide bonds. The molecule has 1 unspecified atom stereocenters. The van der Waals surface area contributed by atoms with Gasteiger partial charge in [-0.15, -0.1) is 0 Å². The monoisotopic (exact) mass is 413 g/mol. The first-order valence-electron chi connectivity index (χ1n) is 6.22. The molecule has 7 nitrogen and oxygen atoms in total. The van der Waals surface area contributed by atoms with Gasteiger partial charge in [0, 0.05) is 25.8 Å². The van der Waals surface area contributed by atoms with Gasteiger partial charge in [-0.3, -0.25) is 14.3 Å². The van der Waals surface area contributed by atoms with E-state index in [-0.39, 0.29) is 5.92 Å². The third-order valence-corrected chi connectivity index (χ3v) is 5.41. The Hall–Kier alpha value is -0.680. The Morgan fingerprint density at radius 1 is 1.45 bits per heavy atom. The standard InChI is InChI=1S/C11H16IN3O4S/c1-20(18,19)15-4-2-3-8(6-15)5-14-7-9(12)10(16)13-11(14)17/h7-8H,2-6H2,1H3,(H,13,16,17). The number of hydrogen-bond donors (Lipinski definition) is 1. The number of rotatable bonds is 3. The third-order valence-electron chi connectivity index (χ3n) is 3.37. The van der Waals surface area contributed by atoms with Gasteiger partial charge in [0.05, 0.1) is 9.83 Å². The minimum atomic E-state index is -3.19. The summed E-state index contributed by atoms with van der Waals surface area (Å²) in [5.41, 5.74) is -0.847. The molecule has 2 rings (SSSR count). The van der Waals surface area contributed by atoms with Gasteiger partial charge in [0.15, 0.2) is 0 Å². The lowest BCUT2D eigenvalue weighted by Gasteiger charge is -2.31. The van der Waals surface area contributed by atoms with Crippen molar-refractivity contribution in [2.45, 2.75) is 19.4 Å². The predicted octanol–water partition coefficient (Wildman–Crippen LogP) is -0.187. The van der Waals surface area contributed by atoms with Gasteiger partial charge in [0.2, 0.25) is 10.0 Å². The van der Waals surface area contributed by atoms with Crippen molar-refractivity contribution in [2.24, 2.45) is 5.92 Å². The molecular weight excluding hydrogens is 397 g/mol. The maximum atomic E-state index is 11.7. The Kier molecular flexibility index (Phi) is 4.69. The number of aromatic amines is 1. The highest BCUT2D eigenvalue weighted by Gasteiger charge is 2.26. The first-order valence-corrected chi connectivity index (χ1v) is 9.14. The molecule has 1 aromatic rings. The molecule has 9 heteroatoms. The average molecular weight is 413 g/mol. The fourth-order valence-electron chi connectivity index (χ4n) is 2.37. The molecule has 1 fully saturated rings. The van der Waals surface area contributed by atoms with Crippen molar-refractivity contribution in [1.29, 1.82) is 0 Å². The van der Waals surface area contributed by atoms with Gasteiger partial charge in [-0.1, -0.05) is 0 Å². The summed E-state index contributed by atoms with van der Waals surface area (Å²) < 4.78 is 26.5. The zero-order chi connectivity index (χ0) is 14.9. The van der Waals surface area contributed by atoms with Gasteiger partial charge in [-0.25, -0.2) is 17.5 Å². The van der Waals surface area contributed by atoms with Crippen LogP contribution >= 0.6 is 22.6 Å². The fourth-order valence-corrected chi connectivity index (χ4v) is 3.79. The molecule has 1 saturated heterocycles. The van der Waals surface area contributed by atoms with Crippen molar-refractivity contribution in [3.05, 3.63) is 30.6 Å². The summed E-state index contributed by atoms with van der Waals surface area (Å²) in [6.45, 7) is 1.37. The SMILES string of the molecule is CS(=O)(=O)N1CCCC(Cn2cc(I)c(=O)[nH]c2=O)C1. The molecule has 112 valence electrons. The van der Waals surface area contributed by atoms with Crippen molar-refractivity contribution >= 4 is 32.6 Å². The Morgan fingerprint density at radius 3 is 2.80 bits per heavy atom. The van der Waals surface area contributed by atoms with Crippen LogP contribution in [0.5, 0.6) is 0 Å². The fraction of sp³-hybridized carbons (Fsp3) is 0.636. The number of H-pyrrole nitrogens is 1. The van der Waals surface area contributed by atoms with E-state index in [1.165, 1.54) is 21.3 Å². The molecule has 0 spiro atoms. The summed E-state index contributed by atoms with van der Waals surface area (Å²) in [5, 5.41) is 0. The van der Waals surface area contributed by atoms with Crippen molar-refractivity contribution < 1.29 is 8.42 Å². The summed E-state index contributed by atoms with van der Waals surface area (Å²) in [7, 11) is -3.19. The van der Waals surface area contributed by atoms with E-state index >= 15 is 0 Å². The van der Waals surface area contributed by atoms with Gasteiger partial charge in [0.25, 0.3) is 5.56 Å². The molecule has 1 aliphatic rings. The maximum Gasteiger partial charge on any atom is 0.328 e. The van der Waals surface area contributed by atoms with Crippen LogP contribution in [0.2, 0.25) is 0 Å². The van der Waals surface area contributed by atoms with Crippen LogP contribution in [-0.4, -0.2) is 41.6 Å². The second-order valence-electron chi connectivity index (χ2n) is 5.02. The lowest BCUT2D eigenvalue weighted by molar-refractivity contribution is 0.244. The number of hydrogen-bond acceptors (Lipinski definition) is 4. The summed E-state index contributed by atoms with van der Waals surface area (Å²) >= 11 is 1.87. The first kappa shape index (κ1) is 15.7. The van der Waals surface area contributed by atoms with Crippen LogP contribution in [0.3, 0.4) is 0 Å². The van der Waals surface area contributed by atoms with Gasteiger partial charge in [-0.2, -0.15) is 0 Å². The lowest BCUT2D eigenvalue weighted by atomic mass is 10.00. The quantitative estimate of drug-likeness (QED) is 0.696. The highest BCUT2D eigenvalue weighted by molar-refractivity contribution is 14.1. The number of halogens is 1. The summed E-state index contributed by atoms with van der Waals surface area (Å²) in [5.74, 6) is 0.0814. The Labute approximate surface area is 130 Å². The lowest BCUT2D eigenvalue weighted by Crippen LogP contribution is -2.42. The molecule has 0 bridgehead atoms. The smallest absolute Gasteiger partial charge is 0.299 e. The topological polar surface area (TPSA) is 92.2 Å². The largest absolute Gasteiger partial charge is 0.328 e. The number of sulfonamides is 1. The van der Waals surface area contributed by atoms with Crippen LogP contribution in [0.25, 0.3) is 0 Å². The summed E-state index contributed by atoms with van der Waals surface area (Å²) in [6, 6.07) is 0. The zero-order valence-corrected chi connectivity index (χ0v) is 14.0. The van der Waals surface area contributed by atoms with E-state index in [2.05, 4.69) is 4.98 Å². The van der Waals surface area contributed by atoms with Crippen molar-refractivity contribution in [3.8, 4) is 0 Å². The van der Waals surface area contributed by atoms with Gasteiger partial charge in [0.1, 0.15) is 0 Å². The second-order valence-corrected chi connectivity index (χ2v) is 8.16. The van der Waals surface area contributed by atoms with Crippen LogP contribution in [0.1, 0.15) is 12.8 Å². The molecule has 1 atom stereocenters. The van der Waals surface area contributed by atoms with E-state index in [1.54, 1.807) is 0 Å². The molecular formula is C11H16IN3O4S. The van der Waals surface area contributed by atoms with Crippen molar-refractivity contribution in [1.82, 2.24) is 13.9 Å². The van der Waals surface area contributed by atoms with Crippen LogP contribution in [-0.2, 0) is 16.6 Å². The van der Waals surface area contributed by atoms with Crippen LogP contribution in [0.4, 0.5) is 0 Å². The maximum absolute atomic E-state index is 11.7. The minimum absolute atomic E-state index is 0.0814. The molecule has 1 N–H and O–H groups in total. The van der Waals surface area contributed by atoms with Crippen molar-refractivity contribution in [3.63, 3.8) is 0 Å². The molecule has 0 aromatic carbocycles. The second kappa shape index (κ2) is 5.98. The number of nitrogens with zero attached hydrogens (tertiary/aromatic N) is 2. The zero-order valence-electron chi connectivity index (χ0n) is 11.0.